The molecule has 0 aliphatic heterocycles. The molecule has 9 nitrogen and oxygen atoms in total. The fraction of sp³-hybridized carbons (Fsp3) is 0.0476. The first kappa shape index (κ1) is 24.8. The summed E-state index contributed by atoms with van der Waals surface area (Å²) in [6.07, 6.45) is 2.68. The van der Waals surface area contributed by atoms with E-state index in [1.807, 2.05) is 0 Å². The van der Waals surface area contributed by atoms with E-state index in [4.69, 9.17) is 32.4 Å². The number of nitrogens with one attached hydrogen (secondary N) is 2. The Morgan fingerprint density at radius 2 is 1.76 bits per heavy atom. The third kappa shape index (κ3) is 4.78. The molecular formula is C21H12Cl2N3NaO6. The van der Waals surface area contributed by atoms with Gasteiger partial charge in [-0.3, -0.25) is 14.6 Å². The maximum Gasteiger partial charge on any atom is 1.00 e. The number of ether oxygens (including phenoxy) is 1. The summed E-state index contributed by atoms with van der Waals surface area (Å²) in [4.78, 5) is 39.2. The Kier molecular flexibility index (Phi) is 7.51. The molecule has 0 atom stereocenters. The van der Waals surface area contributed by atoms with Crippen molar-refractivity contribution in [3.05, 3.63) is 58.3 Å². The quantitative estimate of drug-likeness (QED) is 0.306. The van der Waals surface area contributed by atoms with Gasteiger partial charge in [-0.15, -0.1) is 0 Å². The van der Waals surface area contributed by atoms with Gasteiger partial charge in [0.1, 0.15) is 11.6 Å². The van der Waals surface area contributed by atoms with Gasteiger partial charge in [0.05, 0.1) is 28.4 Å². The number of rotatable bonds is 4. The van der Waals surface area contributed by atoms with E-state index in [2.05, 4.69) is 15.6 Å². The van der Waals surface area contributed by atoms with Crippen LogP contribution in [-0.2, 0) is 9.59 Å². The van der Waals surface area contributed by atoms with Gasteiger partial charge < -0.3 is 29.7 Å². The molecule has 0 radical (unpaired) electrons. The number of pyridine rings is 1. The molecule has 4 rings (SSSR count). The molecule has 2 amide bonds. The number of nitrogens with zero attached hydrogens (tertiary/aromatic N) is 1. The summed E-state index contributed by atoms with van der Waals surface area (Å²) in [6.45, 7) is 0. The number of aliphatic carboxylic acids is 1. The summed E-state index contributed by atoms with van der Waals surface area (Å²) in [7, 11) is 1.45. The maximum absolute atomic E-state index is 13.1. The van der Waals surface area contributed by atoms with E-state index >= 15 is 0 Å². The molecule has 2 aromatic heterocycles. The maximum atomic E-state index is 13.1. The second kappa shape index (κ2) is 9.98. The van der Waals surface area contributed by atoms with Crippen molar-refractivity contribution < 1.29 is 58.2 Å². The monoisotopic (exact) mass is 495 g/mol. The molecule has 12 heteroatoms. The predicted molar refractivity (Wildman–Crippen MR) is 116 cm³/mol. The average Bonchev–Trinajstić information content (AvgIpc) is 3.14. The summed E-state index contributed by atoms with van der Waals surface area (Å²) in [6, 6.07) is 7.55. The number of anilines is 2. The molecule has 0 spiro atoms. The Balaban J connectivity index is 0.00000306. The van der Waals surface area contributed by atoms with E-state index in [0.29, 0.717) is 22.1 Å². The molecule has 0 saturated carbocycles. The van der Waals surface area contributed by atoms with Crippen LogP contribution in [0.25, 0.3) is 21.9 Å². The van der Waals surface area contributed by atoms with Gasteiger partial charge in [0, 0.05) is 28.9 Å². The van der Waals surface area contributed by atoms with E-state index in [1.165, 1.54) is 43.8 Å². The molecule has 0 unspecified atom stereocenters. The summed E-state index contributed by atoms with van der Waals surface area (Å²) in [5, 5.41) is 16.7. The van der Waals surface area contributed by atoms with Crippen LogP contribution in [0, 0.1) is 0 Å². The predicted octanol–water partition coefficient (Wildman–Crippen LogP) is 0.241. The van der Waals surface area contributed by atoms with E-state index in [0.717, 1.165) is 0 Å². The van der Waals surface area contributed by atoms with Gasteiger partial charge in [-0.25, -0.2) is 0 Å². The van der Waals surface area contributed by atoms with Crippen molar-refractivity contribution in [2.75, 3.05) is 17.7 Å². The number of carboxylic acids is 1. The first-order valence-corrected chi connectivity index (χ1v) is 9.71. The van der Waals surface area contributed by atoms with E-state index in [1.54, 1.807) is 6.07 Å². The second-order valence-electron chi connectivity index (χ2n) is 6.51. The SMILES string of the molecule is COc1ccc(C(=O)Nc2c(Cl)cncc2Cl)c2c1oc1ccc(NC(=O)C(=O)[O-])cc12.[Na+]. The van der Waals surface area contributed by atoms with Crippen molar-refractivity contribution in [3.63, 3.8) is 0 Å². The van der Waals surface area contributed by atoms with Crippen molar-refractivity contribution in [1.29, 1.82) is 0 Å². The third-order valence-electron chi connectivity index (χ3n) is 4.58. The number of carbonyl (C=O) groups excluding carboxylic acids is 3. The van der Waals surface area contributed by atoms with E-state index in [9.17, 15) is 19.5 Å². The molecule has 2 heterocycles. The van der Waals surface area contributed by atoms with Crippen LogP contribution in [0.4, 0.5) is 11.4 Å². The number of hydrogen-bond donors (Lipinski definition) is 2. The fourth-order valence-electron chi connectivity index (χ4n) is 3.18. The molecule has 0 aliphatic rings. The number of carbonyl (C=O) groups is 3. The van der Waals surface area contributed by atoms with Crippen LogP contribution in [0.5, 0.6) is 5.75 Å². The molecule has 2 N–H and O–H groups in total. The van der Waals surface area contributed by atoms with Crippen molar-refractivity contribution in [1.82, 2.24) is 4.98 Å². The third-order valence-corrected chi connectivity index (χ3v) is 5.16. The normalized spacial score (nSPS) is 10.5. The van der Waals surface area contributed by atoms with Gasteiger partial charge in [-0.05, 0) is 30.3 Å². The number of methoxy groups -OCH3 is 1. The number of fused-ring (bicyclic) bond motifs is 3. The van der Waals surface area contributed by atoms with Gasteiger partial charge in [-0.2, -0.15) is 0 Å². The largest absolute Gasteiger partial charge is 1.00 e. The number of benzene rings is 2. The van der Waals surface area contributed by atoms with Crippen LogP contribution in [-0.4, -0.2) is 29.9 Å². The molecule has 0 fully saturated rings. The van der Waals surface area contributed by atoms with Crippen LogP contribution in [0.2, 0.25) is 10.0 Å². The summed E-state index contributed by atoms with van der Waals surface area (Å²) in [5.74, 6) is -3.36. The number of hydrogen-bond acceptors (Lipinski definition) is 7. The molecule has 0 saturated heterocycles. The number of carboxylic acid groups (broad SMARTS) is 1. The van der Waals surface area contributed by atoms with Gasteiger partial charge >= 0.3 is 29.6 Å². The Bertz CT molecular complexity index is 1400. The molecular weight excluding hydrogens is 484 g/mol. The number of amides is 2. The Hall–Kier alpha value is -2.82. The smallest absolute Gasteiger partial charge is 0.540 e. The van der Waals surface area contributed by atoms with Crippen LogP contribution in [0.15, 0.2) is 47.1 Å². The van der Waals surface area contributed by atoms with Crippen LogP contribution in [0.3, 0.4) is 0 Å². The average molecular weight is 496 g/mol. The minimum absolute atomic E-state index is 0. The minimum Gasteiger partial charge on any atom is -0.540 e. The van der Waals surface area contributed by atoms with Crippen molar-refractivity contribution in [2.45, 2.75) is 0 Å². The molecule has 0 bridgehead atoms. The van der Waals surface area contributed by atoms with E-state index < -0.39 is 17.8 Å². The Morgan fingerprint density at radius 1 is 1.06 bits per heavy atom. The topological polar surface area (TPSA) is 134 Å². The van der Waals surface area contributed by atoms with Gasteiger partial charge in [0.15, 0.2) is 11.3 Å². The Morgan fingerprint density at radius 3 is 2.39 bits per heavy atom. The minimum atomic E-state index is -1.88. The molecule has 4 aromatic rings. The summed E-state index contributed by atoms with van der Waals surface area (Å²) >= 11 is 12.2. The zero-order valence-electron chi connectivity index (χ0n) is 17.2. The summed E-state index contributed by atoms with van der Waals surface area (Å²) < 4.78 is 11.2. The molecule has 0 aliphatic carbocycles. The molecule has 162 valence electrons. The fourth-order valence-corrected chi connectivity index (χ4v) is 3.64. The van der Waals surface area contributed by atoms with Crippen LogP contribution >= 0.6 is 23.2 Å². The number of furan rings is 1. The van der Waals surface area contributed by atoms with Crippen LogP contribution in [0.1, 0.15) is 10.4 Å². The first-order chi connectivity index (χ1) is 15.3. The summed E-state index contributed by atoms with van der Waals surface area (Å²) in [5.41, 5.74) is 1.22. The zero-order valence-corrected chi connectivity index (χ0v) is 20.7. The second-order valence-corrected chi connectivity index (χ2v) is 7.32. The van der Waals surface area contributed by atoms with Crippen molar-refractivity contribution in [3.8, 4) is 5.75 Å². The van der Waals surface area contributed by atoms with Gasteiger partial charge in [-0.1, -0.05) is 23.2 Å². The molecule has 33 heavy (non-hydrogen) atoms. The van der Waals surface area contributed by atoms with Gasteiger partial charge in [0.25, 0.3) is 11.8 Å². The Labute approximate surface area is 218 Å². The first-order valence-electron chi connectivity index (χ1n) is 8.96. The molecule has 2 aromatic carbocycles. The number of aromatic nitrogens is 1. The van der Waals surface area contributed by atoms with Crippen molar-refractivity contribution in [2.24, 2.45) is 0 Å². The van der Waals surface area contributed by atoms with Gasteiger partial charge in [0.2, 0.25) is 0 Å². The zero-order chi connectivity index (χ0) is 23.0. The van der Waals surface area contributed by atoms with Crippen molar-refractivity contribution >= 4 is 74.3 Å². The number of halogens is 2. The standard InChI is InChI=1S/C21H13Cl2N3O6.Na/c1-31-15-5-3-10(19(27)26-17-12(22)7-24-8-13(17)23)16-11-6-9(25-20(28)21(29)30)2-4-14(11)32-18(15)16;/h2-8H,1H3,(H,25,28)(H,29,30)(H,24,26,27);/q;+1/p-1. The van der Waals surface area contributed by atoms with Crippen LogP contribution < -0.4 is 50.0 Å². The van der Waals surface area contributed by atoms with E-state index in [-0.39, 0.29) is 62.1 Å².